The molecule has 0 bridgehead atoms. The molecule has 2 aromatic rings. The number of amides is 1. The number of hydrogen-bond donors (Lipinski definition) is 1. The molecule has 0 radical (unpaired) electrons. The van der Waals surface area contributed by atoms with Crippen LogP contribution in [0.15, 0.2) is 54.6 Å². The lowest BCUT2D eigenvalue weighted by atomic mass is 9.89. The summed E-state index contributed by atoms with van der Waals surface area (Å²) in [5.74, 6) is 0.281. The number of carbonyl (C=O) groups is 1. The zero-order valence-corrected chi connectivity index (χ0v) is 15.5. The highest BCUT2D eigenvalue weighted by Crippen LogP contribution is 2.32. The van der Waals surface area contributed by atoms with Crippen molar-refractivity contribution in [2.75, 3.05) is 26.2 Å². The van der Waals surface area contributed by atoms with Crippen molar-refractivity contribution in [2.45, 2.75) is 5.92 Å². The highest BCUT2D eigenvalue weighted by Gasteiger charge is 2.35. The normalized spacial score (nSPS) is 18.6. The molecular weight excluding hydrogens is 370 g/mol. The van der Waals surface area contributed by atoms with Gasteiger partial charge in [-0.2, -0.15) is 0 Å². The summed E-state index contributed by atoms with van der Waals surface area (Å²) in [5.41, 5.74) is 6.91. The summed E-state index contributed by atoms with van der Waals surface area (Å²) < 4.78 is 5.42. The van der Waals surface area contributed by atoms with Crippen LogP contribution in [0.2, 0.25) is 0 Å². The molecule has 8 heteroatoms. The Bertz CT molecular complexity index is 788. The number of ether oxygens (including phenoxy) is 1. The van der Waals surface area contributed by atoms with Gasteiger partial charge in [-0.15, -0.1) is 12.4 Å². The van der Waals surface area contributed by atoms with Gasteiger partial charge in [-0.05, 0) is 24.1 Å². The van der Waals surface area contributed by atoms with E-state index in [1.165, 1.54) is 12.1 Å². The van der Waals surface area contributed by atoms with Crippen LogP contribution in [0.3, 0.4) is 0 Å². The van der Waals surface area contributed by atoms with Crippen LogP contribution in [0.25, 0.3) is 0 Å². The van der Waals surface area contributed by atoms with Gasteiger partial charge >= 0.3 is 5.69 Å². The van der Waals surface area contributed by atoms with Gasteiger partial charge in [-0.1, -0.05) is 42.5 Å². The number of carbonyl (C=O) groups excluding carboxylic acids is 1. The van der Waals surface area contributed by atoms with Crippen molar-refractivity contribution in [2.24, 2.45) is 11.7 Å². The summed E-state index contributed by atoms with van der Waals surface area (Å²) in [4.78, 5) is 24.8. The SMILES string of the molecule is Cl.NC[C@@H]1CN(C(=O)COc2ccccc2[N+](=O)[O-])C[C@H]1c1ccccc1. The number of likely N-dealkylation sites (tertiary alicyclic amines) is 1. The van der Waals surface area contributed by atoms with E-state index < -0.39 is 4.92 Å². The van der Waals surface area contributed by atoms with E-state index in [1.54, 1.807) is 17.0 Å². The van der Waals surface area contributed by atoms with Gasteiger partial charge in [0.25, 0.3) is 5.91 Å². The second kappa shape index (κ2) is 9.34. The van der Waals surface area contributed by atoms with Crippen LogP contribution in [-0.2, 0) is 4.79 Å². The van der Waals surface area contributed by atoms with Crippen LogP contribution in [0.5, 0.6) is 5.75 Å². The Hall–Kier alpha value is -2.64. The average Bonchev–Trinajstić information content (AvgIpc) is 3.11. The Morgan fingerprint density at radius 1 is 1.15 bits per heavy atom. The van der Waals surface area contributed by atoms with E-state index in [4.69, 9.17) is 10.5 Å². The first-order valence-corrected chi connectivity index (χ1v) is 8.49. The van der Waals surface area contributed by atoms with E-state index in [1.807, 2.05) is 30.3 Å². The Labute approximate surface area is 163 Å². The second-order valence-electron chi connectivity index (χ2n) is 6.33. The lowest BCUT2D eigenvalue weighted by Gasteiger charge is -2.17. The maximum atomic E-state index is 12.5. The Morgan fingerprint density at radius 2 is 1.81 bits per heavy atom. The van der Waals surface area contributed by atoms with Gasteiger partial charge in [0, 0.05) is 25.1 Å². The van der Waals surface area contributed by atoms with Gasteiger partial charge in [-0.25, -0.2) is 0 Å². The van der Waals surface area contributed by atoms with Gasteiger partial charge in [0.1, 0.15) is 0 Å². The molecule has 2 atom stereocenters. The van der Waals surface area contributed by atoms with E-state index >= 15 is 0 Å². The van der Waals surface area contributed by atoms with Crippen LogP contribution in [0.4, 0.5) is 5.69 Å². The summed E-state index contributed by atoms with van der Waals surface area (Å²) in [6.07, 6.45) is 0. The smallest absolute Gasteiger partial charge is 0.310 e. The predicted molar refractivity (Wildman–Crippen MR) is 104 cm³/mol. The molecule has 1 aliphatic heterocycles. The quantitative estimate of drug-likeness (QED) is 0.602. The molecule has 0 saturated carbocycles. The topological polar surface area (TPSA) is 98.7 Å². The zero-order chi connectivity index (χ0) is 18.5. The first kappa shape index (κ1) is 20.7. The molecule has 1 amide bonds. The molecule has 1 aliphatic rings. The minimum absolute atomic E-state index is 0. The third kappa shape index (κ3) is 4.75. The molecule has 0 spiro atoms. The fraction of sp³-hybridized carbons (Fsp3) is 0.316. The minimum Gasteiger partial charge on any atom is -0.477 e. The molecular formula is C19H22ClN3O4. The van der Waals surface area contributed by atoms with E-state index in [0.29, 0.717) is 19.6 Å². The van der Waals surface area contributed by atoms with Crippen molar-refractivity contribution in [3.8, 4) is 5.75 Å². The number of nitrogens with two attached hydrogens (primary N) is 1. The number of nitro groups is 1. The maximum absolute atomic E-state index is 12.5. The van der Waals surface area contributed by atoms with Crippen molar-refractivity contribution in [1.29, 1.82) is 0 Å². The number of hydrogen-bond acceptors (Lipinski definition) is 5. The number of halogens is 1. The summed E-state index contributed by atoms with van der Waals surface area (Å²) in [5, 5.41) is 11.0. The molecule has 1 heterocycles. The molecule has 1 fully saturated rings. The maximum Gasteiger partial charge on any atom is 0.310 e. The fourth-order valence-corrected chi connectivity index (χ4v) is 3.35. The van der Waals surface area contributed by atoms with Crippen molar-refractivity contribution >= 4 is 24.0 Å². The molecule has 144 valence electrons. The van der Waals surface area contributed by atoms with E-state index in [9.17, 15) is 14.9 Å². The Morgan fingerprint density at radius 3 is 2.48 bits per heavy atom. The van der Waals surface area contributed by atoms with Crippen molar-refractivity contribution in [1.82, 2.24) is 4.90 Å². The van der Waals surface area contributed by atoms with Crippen LogP contribution in [-0.4, -0.2) is 42.0 Å². The van der Waals surface area contributed by atoms with Crippen LogP contribution < -0.4 is 10.5 Å². The molecule has 7 nitrogen and oxygen atoms in total. The van der Waals surface area contributed by atoms with Gasteiger partial charge in [0.05, 0.1) is 4.92 Å². The third-order valence-electron chi connectivity index (χ3n) is 4.74. The first-order valence-electron chi connectivity index (χ1n) is 8.49. The van der Waals surface area contributed by atoms with Crippen molar-refractivity contribution < 1.29 is 14.5 Å². The van der Waals surface area contributed by atoms with E-state index in [-0.39, 0.29) is 48.2 Å². The number of benzene rings is 2. The average molecular weight is 392 g/mol. The predicted octanol–water partition coefficient (Wildman–Crippen LogP) is 2.60. The third-order valence-corrected chi connectivity index (χ3v) is 4.74. The van der Waals surface area contributed by atoms with Crippen molar-refractivity contribution in [3.63, 3.8) is 0 Å². The highest BCUT2D eigenvalue weighted by atomic mass is 35.5. The standard InChI is InChI=1S/C19H21N3O4.ClH/c20-10-15-11-21(12-16(15)14-6-2-1-3-7-14)19(23)13-26-18-9-5-4-8-17(18)22(24)25;/h1-9,15-16H,10-13,20H2;1H/t15-,16+;/m1./s1. The van der Waals surface area contributed by atoms with Crippen molar-refractivity contribution in [3.05, 3.63) is 70.3 Å². The number of para-hydroxylation sites is 2. The van der Waals surface area contributed by atoms with Gasteiger partial charge in [0.15, 0.2) is 12.4 Å². The summed E-state index contributed by atoms with van der Waals surface area (Å²) in [7, 11) is 0. The van der Waals surface area contributed by atoms with Gasteiger partial charge in [-0.3, -0.25) is 14.9 Å². The van der Waals surface area contributed by atoms with Crippen LogP contribution >= 0.6 is 12.4 Å². The van der Waals surface area contributed by atoms with Crippen LogP contribution in [0.1, 0.15) is 11.5 Å². The molecule has 3 rings (SSSR count). The minimum atomic E-state index is -0.522. The summed E-state index contributed by atoms with van der Waals surface area (Å²) in [6, 6.07) is 16.0. The molecule has 2 N–H and O–H groups in total. The van der Waals surface area contributed by atoms with E-state index in [0.717, 1.165) is 5.56 Å². The van der Waals surface area contributed by atoms with Gasteiger partial charge in [0.2, 0.25) is 0 Å². The molecule has 27 heavy (non-hydrogen) atoms. The Kier molecular flexibility index (Phi) is 7.15. The lowest BCUT2D eigenvalue weighted by molar-refractivity contribution is -0.385. The fourth-order valence-electron chi connectivity index (χ4n) is 3.35. The number of nitro benzene ring substituents is 1. The molecule has 0 aromatic heterocycles. The Balaban J connectivity index is 0.00000261. The molecule has 0 aliphatic carbocycles. The second-order valence-corrected chi connectivity index (χ2v) is 6.33. The monoisotopic (exact) mass is 391 g/mol. The molecule has 0 unspecified atom stereocenters. The number of rotatable bonds is 6. The van der Waals surface area contributed by atoms with Gasteiger partial charge < -0.3 is 15.4 Å². The molecule has 2 aromatic carbocycles. The highest BCUT2D eigenvalue weighted by molar-refractivity contribution is 5.85. The van der Waals surface area contributed by atoms with Crippen LogP contribution in [0, 0.1) is 16.0 Å². The van der Waals surface area contributed by atoms with E-state index in [2.05, 4.69) is 0 Å². The summed E-state index contributed by atoms with van der Waals surface area (Å²) in [6.45, 7) is 1.40. The lowest BCUT2D eigenvalue weighted by Crippen LogP contribution is -2.33. The largest absolute Gasteiger partial charge is 0.477 e. The summed E-state index contributed by atoms with van der Waals surface area (Å²) >= 11 is 0. The molecule has 1 saturated heterocycles. The number of nitrogens with zero attached hydrogens (tertiary/aromatic N) is 2. The first-order chi connectivity index (χ1) is 12.6. The zero-order valence-electron chi connectivity index (χ0n) is 14.7.